The SMILES string of the molecule is COc1cc(CCCC=O)cc(OC)c1OC(=O)C(C)(C)C. The van der Waals surface area contributed by atoms with Gasteiger partial charge in [-0.15, -0.1) is 0 Å². The highest BCUT2D eigenvalue weighted by Gasteiger charge is 2.27. The van der Waals surface area contributed by atoms with E-state index in [1.807, 2.05) is 0 Å². The summed E-state index contributed by atoms with van der Waals surface area (Å²) >= 11 is 0. The number of hydrogen-bond acceptors (Lipinski definition) is 5. The average Bonchev–Trinajstić information content (AvgIpc) is 2.47. The predicted molar refractivity (Wildman–Crippen MR) is 83.6 cm³/mol. The van der Waals surface area contributed by atoms with Gasteiger partial charge in [0.25, 0.3) is 0 Å². The maximum absolute atomic E-state index is 12.1. The van der Waals surface area contributed by atoms with Gasteiger partial charge in [0.1, 0.15) is 6.29 Å². The minimum Gasteiger partial charge on any atom is -0.493 e. The zero-order chi connectivity index (χ0) is 16.8. The number of aryl methyl sites for hydroxylation is 1. The second-order valence-electron chi connectivity index (χ2n) is 6.03. The Kier molecular flexibility index (Phi) is 6.40. The number of hydrogen-bond donors (Lipinski definition) is 0. The minimum atomic E-state index is -0.626. The first-order valence-electron chi connectivity index (χ1n) is 7.24. The van der Waals surface area contributed by atoms with E-state index in [2.05, 4.69) is 0 Å². The van der Waals surface area contributed by atoms with E-state index in [1.165, 1.54) is 14.2 Å². The van der Waals surface area contributed by atoms with Gasteiger partial charge in [0.15, 0.2) is 11.5 Å². The fourth-order valence-electron chi connectivity index (χ4n) is 1.81. The molecule has 22 heavy (non-hydrogen) atoms. The molecule has 0 aliphatic heterocycles. The molecule has 0 N–H and O–H groups in total. The Bertz CT molecular complexity index is 503. The predicted octanol–water partition coefficient (Wildman–Crippen LogP) is 3.18. The second kappa shape index (κ2) is 7.82. The summed E-state index contributed by atoms with van der Waals surface area (Å²) in [7, 11) is 3.02. The lowest BCUT2D eigenvalue weighted by molar-refractivity contribution is -0.143. The van der Waals surface area contributed by atoms with Crippen LogP contribution >= 0.6 is 0 Å². The molecule has 0 aliphatic carbocycles. The first kappa shape index (κ1) is 18.0. The van der Waals surface area contributed by atoms with Crippen molar-refractivity contribution >= 4 is 12.3 Å². The summed E-state index contributed by atoms with van der Waals surface area (Å²) in [5, 5.41) is 0. The van der Waals surface area contributed by atoms with E-state index < -0.39 is 5.41 Å². The molecule has 1 rings (SSSR count). The highest BCUT2D eigenvalue weighted by Crippen LogP contribution is 2.40. The van der Waals surface area contributed by atoms with Gasteiger partial charge in [-0.05, 0) is 51.3 Å². The topological polar surface area (TPSA) is 61.8 Å². The molecule has 0 aliphatic rings. The molecular formula is C17H24O5. The second-order valence-corrected chi connectivity index (χ2v) is 6.03. The Labute approximate surface area is 131 Å². The molecule has 0 saturated heterocycles. The molecule has 0 spiro atoms. The largest absolute Gasteiger partial charge is 0.493 e. The molecule has 0 aromatic heterocycles. The highest BCUT2D eigenvalue weighted by molar-refractivity contribution is 5.79. The molecule has 0 unspecified atom stereocenters. The van der Waals surface area contributed by atoms with E-state index in [4.69, 9.17) is 14.2 Å². The number of carbonyl (C=O) groups excluding carboxylic acids is 2. The molecule has 0 atom stereocenters. The van der Waals surface area contributed by atoms with E-state index in [0.29, 0.717) is 17.9 Å². The molecule has 5 heteroatoms. The van der Waals surface area contributed by atoms with Crippen LogP contribution in [0.3, 0.4) is 0 Å². The summed E-state index contributed by atoms with van der Waals surface area (Å²) in [6.45, 7) is 5.34. The van der Waals surface area contributed by atoms with E-state index in [9.17, 15) is 9.59 Å². The van der Waals surface area contributed by atoms with E-state index >= 15 is 0 Å². The normalized spacial score (nSPS) is 11.0. The Balaban J connectivity index is 3.10. The van der Waals surface area contributed by atoms with Crippen LogP contribution in [0.5, 0.6) is 17.2 Å². The summed E-state index contributed by atoms with van der Waals surface area (Å²) in [5.41, 5.74) is 0.338. The smallest absolute Gasteiger partial charge is 0.316 e. The quantitative estimate of drug-likeness (QED) is 0.335. The molecule has 1 aromatic carbocycles. The van der Waals surface area contributed by atoms with Crippen molar-refractivity contribution in [3.05, 3.63) is 17.7 Å². The molecule has 0 bridgehead atoms. The van der Waals surface area contributed by atoms with Crippen LogP contribution in [-0.2, 0) is 16.0 Å². The van der Waals surface area contributed by atoms with Crippen molar-refractivity contribution in [3.63, 3.8) is 0 Å². The van der Waals surface area contributed by atoms with Gasteiger partial charge < -0.3 is 19.0 Å². The number of methoxy groups -OCH3 is 2. The molecule has 0 amide bonds. The van der Waals surface area contributed by atoms with Crippen molar-refractivity contribution in [1.82, 2.24) is 0 Å². The van der Waals surface area contributed by atoms with Gasteiger partial charge in [0, 0.05) is 6.42 Å². The number of esters is 1. The van der Waals surface area contributed by atoms with Crippen molar-refractivity contribution in [2.45, 2.75) is 40.0 Å². The Morgan fingerprint density at radius 3 is 2.09 bits per heavy atom. The summed E-state index contributed by atoms with van der Waals surface area (Å²) in [6, 6.07) is 3.61. The minimum absolute atomic E-state index is 0.282. The molecular weight excluding hydrogens is 284 g/mol. The fourth-order valence-corrected chi connectivity index (χ4v) is 1.81. The van der Waals surface area contributed by atoms with Gasteiger partial charge in [-0.1, -0.05) is 0 Å². The van der Waals surface area contributed by atoms with Crippen molar-refractivity contribution in [3.8, 4) is 17.2 Å². The van der Waals surface area contributed by atoms with Crippen LogP contribution < -0.4 is 14.2 Å². The fraction of sp³-hybridized carbons (Fsp3) is 0.529. The van der Waals surface area contributed by atoms with Crippen molar-refractivity contribution in [2.75, 3.05) is 14.2 Å². The molecule has 0 fully saturated rings. The number of rotatable bonds is 7. The van der Waals surface area contributed by atoms with E-state index in [-0.39, 0.29) is 11.7 Å². The Morgan fingerprint density at radius 1 is 1.14 bits per heavy atom. The summed E-state index contributed by atoms with van der Waals surface area (Å²) in [6.07, 6.45) is 2.87. The van der Waals surface area contributed by atoms with Crippen molar-refractivity contribution in [1.29, 1.82) is 0 Å². The number of unbranched alkanes of at least 4 members (excludes halogenated alkanes) is 1. The molecule has 5 nitrogen and oxygen atoms in total. The van der Waals surface area contributed by atoms with E-state index in [0.717, 1.165) is 24.7 Å². The average molecular weight is 308 g/mol. The lowest BCUT2D eigenvalue weighted by atomic mass is 9.97. The molecule has 0 heterocycles. The first-order valence-corrected chi connectivity index (χ1v) is 7.24. The van der Waals surface area contributed by atoms with Crippen molar-refractivity contribution < 1.29 is 23.8 Å². The van der Waals surface area contributed by atoms with Gasteiger partial charge in [-0.2, -0.15) is 0 Å². The number of aldehydes is 1. The third-order valence-electron chi connectivity index (χ3n) is 3.11. The van der Waals surface area contributed by atoms with Crippen LogP contribution in [0.1, 0.15) is 39.2 Å². The zero-order valence-electron chi connectivity index (χ0n) is 13.9. The van der Waals surface area contributed by atoms with Crippen LogP contribution in [0.15, 0.2) is 12.1 Å². The Morgan fingerprint density at radius 2 is 1.68 bits per heavy atom. The molecule has 0 radical (unpaired) electrons. The summed E-state index contributed by atoms with van der Waals surface area (Å²) in [5.74, 6) is 0.804. The number of ether oxygens (including phenoxy) is 3. The van der Waals surface area contributed by atoms with Gasteiger partial charge in [-0.25, -0.2) is 0 Å². The van der Waals surface area contributed by atoms with Crippen molar-refractivity contribution in [2.24, 2.45) is 5.41 Å². The first-order chi connectivity index (χ1) is 10.3. The van der Waals surface area contributed by atoms with Crippen LogP contribution in [0.2, 0.25) is 0 Å². The lowest BCUT2D eigenvalue weighted by Crippen LogP contribution is -2.26. The molecule has 122 valence electrons. The third kappa shape index (κ3) is 4.76. The monoisotopic (exact) mass is 308 g/mol. The van der Waals surface area contributed by atoms with Gasteiger partial charge in [-0.3, -0.25) is 4.79 Å². The molecule has 0 saturated carbocycles. The molecule has 1 aromatic rings. The maximum atomic E-state index is 12.1. The standard InChI is InChI=1S/C17H24O5/c1-17(2,3)16(19)22-15-13(20-4)10-12(8-6-7-9-18)11-14(15)21-5/h9-11H,6-8H2,1-5H3. The maximum Gasteiger partial charge on any atom is 0.316 e. The van der Waals surface area contributed by atoms with Gasteiger partial charge in [0.05, 0.1) is 19.6 Å². The van der Waals surface area contributed by atoms with Crippen LogP contribution in [-0.4, -0.2) is 26.5 Å². The van der Waals surface area contributed by atoms with Crippen LogP contribution in [0.25, 0.3) is 0 Å². The van der Waals surface area contributed by atoms with E-state index in [1.54, 1.807) is 32.9 Å². The zero-order valence-corrected chi connectivity index (χ0v) is 13.9. The van der Waals surface area contributed by atoms with Crippen LogP contribution in [0, 0.1) is 5.41 Å². The van der Waals surface area contributed by atoms with Gasteiger partial charge in [0.2, 0.25) is 5.75 Å². The van der Waals surface area contributed by atoms with Crippen LogP contribution in [0.4, 0.5) is 0 Å². The van der Waals surface area contributed by atoms with Gasteiger partial charge >= 0.3 is 5.97 Å². The highest BCUT2D eigenvalue weighted by atomic mass is 16.6. The third-order valence-corrected chi connectivity index (χ3v) is 3.11. The number of carbonyl (C=O) groups is 2. The Hall–Kier alpha value is -2.04. The summed E-state index contributed by atoms with van der Waals surface area (Å²) in [4.78, 5) is 22.5. The number of benzene rings is 1. The lowest BCUT2D eigenvalue weighted by Gasteiger charge is -2.20. The summed E-state index contributed by atoms with van der Waals surface area (Å²) < 4.78 is 16.1.